The van der Waals surface area contributed by atoms with E-state index in [4.69, 9.17) is 23.2 Å². The van der Waals surface area contributed by atoms with E-state index in [-0.39, 0.29) is 24.9 Å². The smallest absolute Gasteiger partial charge is 0.238 e. The number of amides is 2. The minimum atomic E-state index is -0.285. The average Bonchev–Trinajstić information content (AvgIpc) is 2.34. The molecular weight excluding hydrogens is 301 g/mol. The topological polar surface area (TPSA) is 61.4 Å². The Balaban J connectivity index is 2.53. The normalized spacial score (nSPS) is 10.4. The SMILES string of the molecule is CCNC(=O)CN(C)CC(=O)Nc1c(Cl)cccc1Cl. The Morgan fingerprint density at radius 2 is 1.70 bits per heavy atom. The maximum Gasteiger partial charge on any atom is 0.238 e. The van der Waals surface area contributed by atoms with Crippen LogP contribution in [0.4, 0.5) is 5.69 Å². The molecule has 2 N–H and O–H groups in total. The van der Waals surface area contributed by atoms with Crippen molar-refractivity contribution in [1.29, 1.82) is 0 Å². The molecule has 0 aromatic heterocycles. The summed E-state index contributed by atoms with van der Waals surface area (Å²) in [4.78, 5) is 24.8. The van der Waals surface area contributed by atoms with Gasteiger partial charge >= 0.3 is 0 Å². The monoisotopic (exact) mass is 317 g/mol. The quantitative estimate of drug-likeness (QED) is 0.843. The molecule has 1 aromatic rings. The van der Waals surface area contributed by atoms with Gasteiger partial charge in [0.05, 0.1) is 28.8 Å². The third kappa shape index (κ3) is 5.36. The van der Waals surface area contributed by atoms with Gasteiger partial charge in [-0.15, -0.1) is 0 Å². The molecule has 0 aliphatic heterocycles. The molecule has 0 aliphatic rings. The van der Waals surface area contributed by atoms with Crippen molar-refractivity contribution in [2.75, 3.05) is 32.0 Å². The summed E-state index contributed by atoms with van der Waals surface area (Å²) < 4.78 is 0. The zero-order chi connectivity index (χ0) is 15.1. The second-order valence-corrected chi connectivity index (χ2v) is 5.09. The lowest BCUT2D eigenvalue weighted by molar-refractivity contribution is -0.122. The Labute approximate surface area is 128 Å². The Hall–Kier alpha value is -1.30. The van der Waals surface area contributed by atoms with Crippen LogP contribution in [0.25, 0.3) is 0 Å². The van der Waals surface area contributed by atoms with Crippen molar-refractivity contribution in [3.05, 3.63) is 28.2 Å². The van der Waals surface area contributed by atoms with Gasteiger partial charge < -0.3 is 10.6 Å². The van der Waals surface area contributed by atoms with E-state index in [0.717, 1.165) is 0 Å². The van der Waals surface area contributed by atoms with E-state index in [0.29, 0.717) is 22.3 Å². The van der Waals surface area contributed by atoms with E-state index in [2.05, 4.69) is 10.6 Å². The average molecular weight is 318 g/mol. The molecule has 110 valence electrons. The van der Waals surface area contributed by atoms with E-state index < -0.39 is 0 Å². The van der Waals surface area contributed by atoms with Crippen molar-refractivity contribution in [2.24, 2.45) is 0 Å². The van der Waals surface area contributed by atoms with Gasteiger partial charge in [-0.1, -0.05) is 29.3 Å². The number of hydrogen-bond donors (Lipinski definition) is 2. The summed E-state index contributed by atoms with van der Waals surface area (Å²) in [7, 11) is 1.68. The second-order valence-electron chi connectivity index (χ2n) is 4.27. The minimum absolute atomic E-state index is 0.0681. The lowest BCUT2D eigenvalue weighted by Crippen LogP contribution is -2.38. The van der Waals surface area contributed by atoms with Crippen molar-refractivity contribution in [3.8, 4) is 0 Å². The first-order valence-electron chi connectivity index (χ1n) is 6.13. The van der Waals surface area contributed by atoms with E-state index in [1.807, 2.05) is 6.92 Å². The van der Waals surface area contributed by atoms with Crippen LogP contribution >= 0.6 is 23.2 Å². The van der Waals surface area contributed by atoms with Crippen LogP contribution in [0.5, 0.6) is 0 Å². The zero-order valence-corrected chi connectivity index (χ0v) is 12.9. The lowest BCUT2D eigenvalue weighted by Gasteiger charge is -2.16. The number of para-hydroxylation sites is 1. The molecule has 1 rings (SSSR count). The van der Waals surface area contributed by atoms with E-state index in [9.17, 15) is 9.59 Å². The molecule has 0 atom stereocenters. The summed E-state index contributed by atoms with van der Waals surface area (Å²) in [6.07, 6.45) is 0. The summed E-state index contributed by atoms with van der Waals surface area (Å²) in [5, 5.41) is 6.05. The summed E-state index contributed by atoms with van der Waals surface area (Å²) >= 11 is 11.9. The summed E-state index contributed by atoms with van der Waals surface area (Å²) in [5.74, 6) is -0.412. The van der Waals surface area contributed by atoms with Crippen molar-refractivity contribution < 1.29 is 9.59 Å². The van der Waals surface area contributed by atoms with E-state index in [1.54, 1.807) is 30.1 Å². The first-order chi connectivity index (χ1) is 9.43. The number of hydrogen-bond acceptors (Lipinski definition) is 3. The summed E-state index contributed by atoms with van der Waals surface area (Å²) in [6, 6.07) is 4.98. The first kappa shape index (κ1) is 16.8. The highest BCUT2D eigenvalue weighted by Crippen LogP contribution is 2.29. The molecule has 0 heterocycles. The van der Waals surface area contributed by atoms with Crippen LogP contribution in [0.1, 0.15) is 6.92 Å². The Kier molecular flexibility index (Phi) is 6.78. The Bertz CT molecular complexity index is 474. The van der Waals surface area contributed by atoms with Gasteiger partial charge in [0.15, 0.2) is 0 Å². The van der Waals surface area contributed by atoms with Gasteiger partial charge in [-0.3, -0.25) is 14.5 Å². The number of nitrogens with zero attached hydrogens (tertiary/aromatic N) is 1. The summed E-state index contributed by atoms with van der Waals surface area (Å²) in [6.45, 7) is 2.62. The van der Waals surface area contributed by atoms with Gasteiger partial charge in [-0.2, -0.15) is 0 Å². The molecule has 1 aromatic carbocycles. The number of benzene rings is 1. The molecule has 2 amide bonds. The fourth-order valence-electron chi connectivity index (χ4n) is 1.60. The molecule has 7 heteroatoms. The van der Waals surface area contributed by atoms with Crippen molar-refractivity contribution >= 4 is 40.7 Å². The number of rotatable bonds is 6. The molecule has 0 unspecified atom stereocenters. The minimum Gasteiger partial charge on any atom is -0.355 e. The van der Waals surface area contributed by atoms with Crippen molar-refractivity contribution in [1.82, 2.24) is 10.2 Å². The molecule has 0 saturated heterocycles. The highest BCUT2D eigenvalue weighted by molar-refractivity contribution is 6.39. The second kappa shape index (κ2) is 8.09. The van der Waals surface area contributed by atoms with Gasteiger partial charge in [0.25, 0.3) is 0 Å². The molecule has 0 fully saturated rings. The molecule has 0 bridgehead atoms. The highest BCUT2D eigenvalue weighted by Gasteiger charge is 2.13. The molecule has 20 heavy (non-hydrogen) atoms. The van der Waals surface area contributed by atoms with E-state index >= 15 is 0 Å². The number of likely N-dealkylation sites (N-methyl/N-ethyl adjacent to an activating group) is 2. The number of anilines is 1. The third-order valence-corrected chi connectivity index (χ3v) is 3.06. The molecule has 0 aliphatic carbocycles. The van der Waals surface area contributed by atoms with Crippen molar-refractivity contribution in [3.63, 3.8) is 0 Å². The van der Waals surface area contributed by atoms with Gasteiger partial charge in [-0.05, 0) is 26.1 Å². The Morgan fingerprint density at radius 1 is 1.15 bits per heavy atom. The van der Waals surface area contributed by atoms with Gasteiger partial charge in [0.1, 0.15) is 0 Å². The van der Waals surface area contributed by atoms with Crippen LogP contribution in [0.2, 0.25) is 10.0 Å². The predicted octanol–water partition coefficient (Wildman–Crippen LogP) is 2.00. The largest absolute Gasteiger partial charge is 0.355 e. The number of carbonyl (C=O) groups is 2. The maximum atomic E-state index is 11.9. The standard InChI is InChI=1S/C13H17Cl2N3O2/c1-3-16-11(19)7-18(2)8-12(20)17-13-9(14)5-4-6-10(13)15/h4-6H,3,7-8H2,1-2H3,(H,16,19)(H,17,20). The first-order valence-corrected chi connectivity index (χ1v) is 6.88. The summed E-state index contributed by atoms with van der Waals surface area (Å²) in [5.41, 5.74) is 0.382. The fraction of sp³-hybridized carbons (Fsp3) is 0.385. The number of carbonyl (C=O) groups excluding carboxylic acids is 2. The van der Waals surface area contributed by atoms with Gasteiger partial charge in [0, 0.05) is 6.54 Å². The Morgan fingerprint density at radius 3 is 2.25 bits per heavy atom. The van der Waals surface area contributed by atoms with E-state index in [1.165, 1.54) is 0 Å². The van der Waals surface area contributed by atoms with Crippen LogP contribution in [0.15, 0.2) is 18.2 Å². The van der Waals surface area contributed by atoms with Gasteiger partial charge in [-0.25, -0.2) is 0 Å². The molecule has 0 radical (unpaired) electrons. The predicted molar refractivity (Wildman–Crippen MR) is 81.3 cm³/mol. The fourth-order valence-corrected chi connectivity index (χ4v) is 2.09. The molecule has 5 nitrogen and oxygen atoms in total. The van der Waals surface area contributed by atoms with Crippen LogP contribution in [-0.2, 0) is 9.59 Å². The van der Waals surface area contributed by atoms with Gasteiger partial charge in [0.2, 0.25) is 11.8 Å². The number of halogens is 2. The number of nitrogens with one attached hydrogen (secondary N) is 2. The molecule has 0 spiro atoms. The molecular formula is C13H17Cl2N3O2. The van der Waals surface area contributed by atoms with Crippen LogP contribution in [-0.4, -0.2) is 43.4 Å². The lowest BCUT2D eigenvalue weighted by atomic mass is 10.3. The maximum absolute atomic E-state index is 11.9. The van der Waals surface area contributed by atoms with Crippen molar-refractivity contribution in [2.45, 2.75) is 6.92 Å². The molecule has 0 saturated carbocycles. The van der Waals surface area contributed by atoms with Crippen LogP contribution in [0.3, 0.4) is 0 Å². The van der Waals surface area contributed by atoms with Crippen LogP contribution in [0, 0.1) is 0 Å². The zero-order valence-electron chi connectivity index (χ0n) is 11.4. The third-order valence-electron chi connectivity index (χ3n) is 2.43. The highest BCUT2D eigenvalue weighted by atomic mass is 35.5. The van der Waals surface area contributed by atoms with Crippen LogP contribution < -0.4 is 10.6 Å².